The number of imidazole rings is 1. The monoisotopic (exact) mass is 536 g/mol. The van der Waals surface area contributed by atoms with Crippen molar-refractivity contribution in [3.63, 3.8) is 0 Å². The minimum atomic E-state index is -4.41. The summed E-state index contributed by atoms with van der Waals surface area (Å²) in [6.07, 6.45) is -6.37. The maximum atomic E-state index is 13.9. The summed E-state index contributed by atoms with van der Waals surface area (Å²) in [6.45, 7) is 1.66. The van der Waals surface area contributed by atoms with Gasteiger partial charge in [0.15, 0.2) is 0 Å². The lowest BCUT2D eigenvalue weighted by atomic mass is 9.81. The summed E-state index contributed by atoms with van der Waals surface area (Å²) in [7, 11) is 0. The Morgan fingerprint density at radius 2 is 1.76 bits per heavy atom. The molecule has 1 aromatic heterocycles. The lowest BCUT2D eigenvalue weighted by Crippen LogP contribution is -2.37. The van der Waals surface area contributed by atoms with Gasteiger partial charge in [0, 0.05) is 24.8 Å². The molecule has 1 saturated carbocycles. The third kappa shape index (κ3) is 7.08. The van der Waals surface area contributed by atoms with Crippen LogP contribution in [0.1, 0.15) is 79.3 Å². The van der Waals surface area contributed by atoms with Crippen LogP contribution in [0.15, 0.2) is 48.5 Å². The van der Waals surface area contributed by atoms with Gasteiger partial charge in [-0.25, -0.2) is 13.8 Å². The van der Waals surface area contributed by atoms with Gasteiger partial charge in [-0.15, -0.1) is 0 Å². The maximum absolute atomic E-state index is 13.9. The Kier molecular flexibility index (Phi) is 8.03. The zero-order chi connectivity index (χ0) is 27.5. The van der Waals surface area contributed by atoms with Crippen molar-refractivity contribution in [1.82, 2.24) is 20.6 Å². The van der Waals surface area contributed by atoms with Crippen LogP contribution in [0.4, 0.5) is 22.0 Å². The first kappa shape index (κ1) is 27.5. The highest BCUT2D eigenvalue weighted by Gasteiger charge is 2.39. The van der Waals surface area contributed by atoms with E-state index in [2.05, 4.69) is 20.6 Å². The number of fused-ring (bicyclic) bond motifs is 1. The number of amides is 2. The molecule has 3 N–H and O–H groups in total. The van der Waals surface area contributed by atoms with Crippen LogP contribution in [0.25, 0.3) is 11.0 Å². The molecule has 2 aromatic carbocycles. The van der Waals surface area contributed by atoms with Gasteiger partial charge in [-0.2, -0.15) is 13.2 Å². The molecule has 6 nitrogen and oxygen atoms in total. The molecule has 0 radical (unpaired) electrons. The number of aromatic nitrogens is 2. The quantitative estimate of drug-likeness (QED) is 0.292. The average Bonchev–Trinajstić information content (AvgIpc) is 3.29. The standard InChI is InChI=1S/C27H29F5N4O2/c1-16(33-22(37)11-14-27(30,31)32)19-7-8-20-21(15-19)35-24(34-20)23(17-9-12-26(28,29)13-10-17)36-25(38)18-5-3-2-4-6-18/h2-8,15-17,23H,9-14H2,1H3,(H,33,37)(H,34,35)(H,36,38)/t16-,23+/m1/s1. The summed E-state index contributed by atoms with van der Waals surface area (Å²) in [6, 6.07) is 12.5. The minimum absolute atomic E-state index is 0.218. The first-order valence-corrected chi connectivity index (χ1v) is 12.5. The van der Waals surface area contributed by atoms with Crippen LogP contribution in [-0.4, -0.2) is 33.9 Å². The molecule has 0 saturated heterocycles. The Bertz CT molecular complexity index is 1270. The van der Waals surface area contributed by atoms with Crippen LogP contribution in [0.2, 0.25) is 0 Å². The molecule has 0 spiro atoms. The van der Waals surface area contributed by atoms with E-state index >= 15 is 0 Å². The van der Waals surface area contributed by atoms with Gasteiger partial charge in [0.05, 0.1) is 29.5 Å². The number of hydrogen-bond donors (Lipinski definition) is 3. The predicted molar refractivity (Wildman–Crippen MR) is 131 cm³/mol. The molecule has 4 rings (SSSR count). The average molecular weight is 537 g/mol. The zero-order valence-electron chi connectivity index (χ0n) is 20.7. The van der Waals surface area contributed by atoms with Crippen LogP contribution in [-0.2, 0) is 4.79 Å². The van der Waals surface area contributed by atoms with E-state index in [1.807, 2.05) is 0 Å². The number of H-pyrrole nitrogens is 1. The lowest BCUT2D eigenvalue weighted by Gasteiger charge is -2.33. The van der Waals surface area contributed by atoms with Crippen molar-refractivity contribution in [2.75, 3.05) is 0 Å². The molecule has 2 amide bonds. The highest BCUT2D eigenvalue weighted by molar-refractivity contribution is 5.94. The number of halogens is 5. The second-order valence-electron chi connectivity index (χ2n) is 9.81. The second kappa shape index (κ2) is 11.1. The Morgan fingerprint density at radius 3 is 2.42 bits per heavy atom. The van der Waals surface area contributed by atoms with Crippen molar-refractivity contribution < 1.29 is 31.5 Å². The summed E-state index contributed by atoms with van der Waals surface area (Å²) in [5.41, 5.74) is 2.25. The molecule has 2 atom stereocenters. The van der Waals surface area contributed by atoms with Gasteiger partial charge in [-0.1, -0.05) is 24.3 Å². The molecule has 0 bridgehead atoms. The molecule has 3 aromatic rings. The molecule has 38 heavy (non-hydrogen) atoms. The molecule has 1 aliphatic rings. The highest BCUT2D eigenvalue weighted by atomic mass is 19.4. The Morgan fingerprint density at radius 1 is 1.08 bits per heavy atom. The summed E-state index contributed by atoms with van der Waals surface area (Å²) >= 11 is 0. The van der Waals surface area contributed by atoms with Gasteiger partial charge in [0.25, 0.3) is 5.91 Å². The summed E-state index contributed by atoms with van der Waals surface area (Å²) in [5.74, 6) is -3.61. The van der Waals surface area contributed by atoms with Crippen LogP contribution in [0.3, 0.4) is 0 Å². The number of alkyl halides is 5. The summed E-state index contributed by atoms with van der Waals surface area (Å²) in [5, 5.41) is 5.54. The van der Waals surface area contributed by atoms with E-state index < -0.39 is 42.9 Å². The molecule has 1 aliphatic carbocycles. The minimum Gasteiger partial charge on any atom is -0.350 e. The zero-order valence-corrected chi connectivity index (χ0v) is 20.7. The van der Waals surface area contributed by atoms with Crippen LogP contribution in [0.5, 0.6) is 0 Å². The van der Waals surface area contributed by atoms with Gasteiger partial charge < -0.3 is 15.6 Å². The van der Waals surface area contributed by atoms with Crippen molar-refractivity contribution in [3.8, 4) is 0 Å². The largest absolute Gasteiger partial charge is 0.389 e. The molecule has 1 heterocycles. The number of carbonyl (C=O) groups is 2. The smallest absolute Gasteiger partial charge is 0.350 e. The van der Waals surface area contributed by atoms with Crippen LogP contribution in [0, 0.1) is 5.92 Å². The first-order chi connectivity index (χ1) is 17.9. The van der Waals surface area contributed by atoms with E-state index in [0.29, 0.717) is 28.0 Å². The van der Waals surface area contributed by atoms with E-state index in [-0.39, 0.29) is 37.5 Å². The normalized spacial score (nSPS) is 17.6. The van der Waals surface area contributed by atoms with Crippen molar-refractivity contribution in [2.45, 2.75) is 69.6 Å². The second-order valence-corrected chi connectivity index (χ2v) is 9.81. The SMILES string of the molecule is C[C@@H](NC(=O)CCC(F)(F)F)c1ccc2nc([C@@H](NC(=O)c3ccccc3)C3CCC(F)(F)CC3)[nH]c2c1. The number of nitrogens with one attached hydrogen (secondary N) is 3. The molecule has 0 aliphatic heterocycles. The molecule has 11 heteroatoms. The van der Waals surface area contributed by atoms with Gasteiger partial charge in [-0.05, 0) is 55.5 Å². The van der Waals surface area contributed by atoms with E-state index in [0.717, 1.165) is 0 Å². The fourth-order valence-electron chi connectivity index (χ4n) is 4.74. The van der Waals surface area contributed by atoms with E-state index in [9.17, 15) is 31.5 Å². The number of hydrogen-bond acceptors (Lipinski definition) is 3. The third-order valence-electron chi connectivity index (χ3n) is 6.89. The van der Waals surface area contributed by atoms with Crippen LogP contribution >= 0.6 is 0 Å². The highest BCUT2D eigenvalue weighted by Crippen LogP contribution is 2.41. The van der Waals surface area contributed by atoms with Gasteiger partial charge in [0.2, 0.25) is 11.8 Å². The van der Waals surface area contributed by atoms with Crippen molar-refractivity contribution in [1.29, 1.82) is 0 Å². The Balaban J connectivity index is 1.54. The lowest BCUT2D eigenvalue weighted by molar-refractivity contribution is -0.144. The van der Waals surface area contributed by atoms with Gasteiger partial charge in [-0.3, -0.25) is 9.59 Å². The number of benzene rings is 2. The maximum Gasteiger partial charge on any atom is 0.389 e. The Hall–Kier alpha value is -3.50. The summed E-state index contributed by atoms with van der Waals surface area (Å²) < 4.78 is 65.0. The first-order valence-electron chi connectivity index (χ1n) is 12.5. The number of carbonyl (C=O) groups excluding carboxylic acids is 2. The third-order valence-corrected chi connectivity index (χ3v) is 6.89. The fraction of sp³-hybridized carbons (Fsp3) is 0.444. The predicted octanol–water partition coefficient (Wildman–Crippen LogP) is 6.38. The topological polar surface area (TPSA) is 86.9 Å². The van der Waals surface area contributed by atoms with Crippen molar-refractivity contribution in [3.05, 3.63) is 65.5 Å². The van der Waals surface area contributed by atoms with Gasteiger partial charge >= 0.3 is 6.18 Å². The Labute approximate surface area is 216 Å². The molecular formula is C27H29F5N4O2. The van der Waals surface area contributed by atoms with Crippen LogP contribution < -0.4 is 10.6 Å². The van der Waals surface area contributed by atoms with Gasteiger partial charge in [0.1, 0.15) is 5.82 Å². The molecular weight excluding hydrogens is 507 g/mol. The van der Waals surface area contributed by atoms with Crippen molar-refractivity contribution >= 4 is 22.8 Å². The number of aromatic amines is 1. The van der Waals surface area contributed by atoms with Crippen molar-refractivity contribution in [2.24, 2.45) is 5.92 Å². The molecule has 204 valence electrons. The fourth-order valence-corrected chi connectivity index (χ4v) is 4.74. The number of rotatable bonds is 8. The molecule has 0 unspecified atom stereocenters. The summed E-state index contributed by atoms with van der Waals surface area (Å²) in [4.78, 5) is 32.7. The van der Waals surface area contributed by atoms with E-state index in [1.165, 1.54) is 0 Å². The molecule has 1 fully saturated rings. The van der Waals surface area contributed by atoms with E-state index in [4.69, 9.17) is 0 Å². The van der Waals surface area contributed by atoms with E-state index in [1.54, 1.807) is 55.5 Å². The number of nitrogens with zero attached hydrogens (tertiary/aromatic N) is 1.